The Labute approximate surface area is 121 Å². The molecule has 0 heteroatoms. The quantitative estimate of drug-likeness (QED) is 0.583. The van der Waals surface area contributed by atoms with Gasteiger partial charge in [-0.15, -0.1) is 0 Å². The largest absolute Gasteiger partial charge is 0.0984 e. The molecule has 0 saturated heterocycles. The van der Waals surface area contributed by atoms with Gasteiger partial charge >= 0.3 is 0 Å². The minimum atomic E-state index is 1.06. The molecule has 0 radical (unpaired) electrons. The van der Waals surface area contributed by atoms with Gasteiger partial charge in [0, 0.05) is 0 Å². The summed E-state index contributed by atoms with van der Waals surface area (Å²) in [6.45, 7) is 8.24. The van der Waals surface area contributed by atoms with Gasteiger partial charge in [-0.3, -0.25) is 0 Å². The number of aryl methyl sites for hydroxylation is 1. The summed E-state index contributed by atoms with van der Waals surface area (Å²) in [5, 5.41) is 0. The van der Waals surface area contributed by atoms with E-state index in [4.69, 9.17) is 0 Å². The minimum Gasteiger partial charge on any atom is -0.0984 e. The molecule has 0 aliphatic heterocycles. The highest BCUT2D eigenvalue weighted by molar-refractivity contribution is 5.82. The zero-order chi connectivity index (χ0) is 14.1. The van der Waals surface area contributed by atoms with E-state index in [-0.39, 0.29) is 0 Å². The smallest absolute Gasteiger partial charge is 0.00105 e. The van der Waals surface area contributed by atoms with Crippen LogP contribution in [0.2, 0.25) is 0 Å². The highest BCUT2D eigenvalue weighted by Crippen LogP contribution is 2.40. The normalized spacial score (nSPS) is 12.5. The average molecular weight is 260 g/mol. The Morgan fingerprint density at radius 2 is 2.00 bits per heavy atom. The number of allylic oxidation sites excluding steroid dienone is 1. The third kappa shape index (κ3) is 1.92. The van der Waals surface area contributed by atoms with Crippen molar-refractivity contribution in [2.45, 2.75) is 26.7 Å². The molecule has 0 unspecified atom stereocenters. The third-order valence-corrected chi connectivity index (χ3v) is 4.19. The number of hydrogen-bond acceptors (Lipinski definition) is 0. The summed E-state index contributed by atoms with van der Waals surface area (Å²) in [6, 6.07) is 11.3. The molecule has 2 aromatic rings. The Balaban J connectivity index is 2.22. The zero-order valence-electron chi connectivity index (χ0n) is 12.2. The average Bonchev–Trinajstić information content (AvgIpc) is 2.84. The van der Waals surface area contributed by atoms with Gasteiger partial charge in [0.05, 0.1) is 0 Å². The first kappa shape index (κ1) is 12.9. The second-order valence-electron chi connectivity index (χ2n) is 5.32. The molecule has 0 aromatic heterocycles. The van der Waals surface area contributed by atoms with Crippen molar-refractivity contribution in [2.24, 2.45) is 0 Å². The van der Waals surface area contributed by atoms with Gasteiger partial charge in [0.15, 0.2) is 0 Å². The van der Waals surface area contributed by atoms with Crippen LogP contribution in [0.25, 0.3) is 23.3 Å². The van der Waals surface area contributed by atoms with Crippen molar-refractivity contribution < 1.29 is 0 Å². The van der Waals surface area contributed by atoms with Gasteiger partial charge in [-0.2, -0.15) is 0 Å². The lowest BCUT2D eigenvalue weighted by atomic mass is 9.97. The molecule has 0 amide bonds. The zero-order valence-corrected chi connectivity index (χ0v) is 12.2. The van der Waals surface area contributed by atoms with Crippen molar-refractivity contribution in [1.29, 1.82) is 0 Å². The summed E-state index contributed by atoms with van der Waals surface area (Å²) in [4.78, 5) is 0. The number of rotatable bonds is 3. The molecular weight excluding hydrogens is 240 g/mol. The van der Waals surface area contributed by atoms with E-state index >= 15 is 0 Å². The SMILES string of the molecule is C=Cc1cc2c(cc1/C=C\C)-c1cccc(CC)c1C2. The van der Waals surface area contributed by atoms with Gasteiger partial charge in [0.25, 0.3) is 0 Å². The van der Waals surface area contributed by atoms with Gasteiger partial charge in [-0.05, 0) is 64.8 Å². The van der Waals surface area contributed by atoms with E-state index in [1.54, 1.807) is 0 Å². The van der Waals surface area contributed by atoms with Crippen LogP contribution in [0.15, 0.2) is 43.0 Å². The van der Waals surface area contributed by atoms with Gasteiger partial charge in [0.1, 0.15) is 0 Å². The van der Waals surface area contributed by atoms with Crippen LogP contribution < -0.4 is 0 Å². The summed E-state index contributed by atoms with van der Waals surface area (Å²) < 4.78 is 0. The van der Waals surface area contributed by atoms with Crippen molar-refractivity contribution in [3.63, 3.8) is 0 Å². The Kier molecular flexibility index (Phi) is 3.31. The summed E-state index contributed by atoms with van der Waals surface area (Å²) in [5.41, 5.74) is 9.73. The van der Waals surface area contributed by atoms with E-state index < -0.39 is 0 Å². The third-order valence-electron chi connectivity index (χ3n) is 4.19. The first-order chi connectivity index (χ1) is 9.78. The maximum Gasteiger partial charge on any atom is -0.00105 e. The minimum absolute atomic E-state index is 1.06. The van der Waals surface area contributed by atoms with Crippen LogP contribution in [0.4, 0.5) is 0 Å². The lowest BCUT2D eigenvalue weighted by Gasteiger charge is -2.07. The Morgan fingerprint density at radius 1 is 1.15 bits per heavy atom. The van der Waals surface area contributed by atoms with Crippen LogP contribution in [0.1, 0.15) is 41.7 Å². The molecule has 0 spiro atoms. The molecular formula is C20H20. The number of fused-ring (bicyclic) bond motifs is 3. The van der Waals surface area contributed by atoms with Crippen molar-refractivity contribution in [3.8, 4) is 11.1 Å². The molecule has 0 saturated carbocycles. The maximum atomic E-state index is 3.95. The van der Waals surface area contributed by atoms with Crippen molar-refractivity contribution >= 4 is 12.2 Å². The molecule has 0 N–H and O–H groups in total. The molecule has 2 aromatic carbocycles. The Bertz CT molecular complexity index is 702. The molecule has 0 heterocycles. The van der Waals surface area contributed by atoms with Crippen molar-refractivity contribution in [1.82, 2.24) is 0 Å². The van der Waals surface area contributed by atoms with E-state index in [9.17, 15) is 0 Å². The highest BCUT2D eigenvalue weighted by Gasteiger charge is 2.21. The lowest BCUT2D eigenvalue weighted by Crippen LogP contribution is -1.89. The summed E-state index contributed by atoms with van der Waals surface area (Å²) in [7, 11) is 0. The fraction of sp³-hybridized carbons (Fsp3) is 0.200. The number of hydrogen-bond donors (Lipinski definition) is 0. The fourth-order valence-corrected chi connectivity index (χ4v) is 3.20. The molecule has 0 fully saturated rings. The van der Waals surface area contributed by atoms with Gasteiger partial charge in [0.2, 0.25) is 0 Å². The van der Waals surface area contributed by atoms with Crippen LogP contribution in [0.3, 0.4) is 0 Å². The van der Waals surface area contributed by atoms with Crippen LogP contribution in [-0.2, 0) is 12.8 Å². The predicted octanol–water partition coefficient (Wildman–Crippen LogP) is 5.50. The monoisotopic (exact) mass is 260 g/mol. The Hall–Kier alpha value is -2.08. The fourth-order valence-electron chi connectivity index (χ4n) is 3.20. The van der Waals surface area contributed by atoms with Crippen LogP contribution >= 0.6 is 0 Å². The van der Waals surface area contributed by atoms with E-state index in [0.29, 0.717) is 0 Å². The Morgan fingerprint density at radius 3 is 2.70 bits per heavy atom. The molecule has 1 aliphatic rings. The van der Waals surface area contributed by atoms with E-state index in [1.807, 2.05) is 6.08 Å². The summed E-state index contributed by atoms with van der Waals surface area (Å²) in [5.74, 6) is 0. The van der Waals surface area contributed by atoms with Gasteiger partial charge < -0.3 is 0 Å². The molecule has 0 bridgehead atoms. The molecule has 100 valence electrons. The van der Waals surface area contributed by atoms with Gasteiger partial charge in [-0.1, -0.05) is 56.0 Å². The molecule has 20 heavy (non-hydrogen) atoms. The summed E-state index contributed by atoms with van der Waals surface area (Å²) >= 11 is 0. The molecule has 1 aliphatic carbocycles. The highest BCUT2D eigenvalue weighted by atomic mass is 14.2. The number of benzene rings is 2. The topological polar surface area (TPSA) is 0 Å². The second-order valence-corrected chi connectivity index (χ2v) is 5.32. The van der Waals surface area contributed by atoms with Gasteiger partial charge in [-0.25, -0.2) is 0 Å². The molecule has 0 nitrogen and oxygen atoms in total. The molecule has 0 atom stereocenters. The van der Waals surface area contributed by atoms with Crippen molar-refractivity contribution in [2.75, 3.05) is 0 Å². The first-order valence-electron chi connectivity index (χ1n) is 7.31. The van der Waals surface area contributed by atoms with Crippen LogP contribution in [0.5, 0.6) is 0 Å². The van der Waals surface area contributed by atoms with E-state index in [1.165, 1.54) is 38.9 Å². The van der Waals surface area contributed by atoms with E-state index in [0.717, 1.165) is 12.8 Å². The van der Waals surface area contributed by atoms with Crippen LogP contribution in [-0.4, -0.2) is 0 Å². The van der Waals surface area contributed by atoms with Crippen LogP contribution in [0, 0.1) is 0 Å². The predicted molar refractivity (Wildman–Crippen MR) is 88.9 cm³/mol. The van der Waals surface area contributed by atoms with Crippen molar-refractivity contribution in [3.05, 3.63) is 70.8 Å². The first-order valence-corrected chi connectivity index (χ1v) is 7.31. The van der Waals surface area contributed by atoms with E-state index in [2.05, 4.69) is 62.9 Å². The maximum absolute atomic E-state index is 3.95. The standard InChI is InChI=1S/C20H20/c1-4-8-16-12-20-17(11-15(16)6-3)13-19-14(5-2)9-7-10-18(19)20/h4,6-12H,3,5,13H2,1-2H3/b8-4-. The summed E-state index contributed by atoms with van der Waals surface area (Å²) in [6.07, 6.45) is 8.38. The lowest BCUT2D eigenvalue weighted by molar-refractivity contribution is 1.08. The molecule has 3 rings (SSSR count). The second kappa shape index (κ2) is 5.13.